The lowest BCUT2D eigenvalue weighted by atomic mass is 10.0. The van der Waals surface area contributed by atoms with Crippen LogP contribution in [0, 0.1) is 0 Å². The zero-order chi connectivity index (χ0) is 17.4. The molecule has 0 atom stereocenters. The van der Waals surface area contributed by atoms with Crippen LogP contribution in [0.5, 0.6) is 0 Å². The van der Waals surface area contributed by atoms with Gasteiger partial charge in [-0.2, -0.15) is 0 Å². The third-order valence-electron chi connectivity index (χ3n) is 4.30. The largest absolute Gasteiger partial charge is 0.465 e. The van der Waals surface area contributed by atoms with Gasteiger partial charge in [-0.1, -0.05) is 42.5 Å². The van der Waals surface area contributed by atoms with Crippen LogP contribution in [-0.2, 0) is 11.3 Å². The van der Waals surface area contributed by atoms with Gasteiger partial charge in [0.15, 0.2) is 5.58 Å². The molecule has 0 N–H and O–H groups in total. The summed E-state index contributed by atoms with van der Waals surface area (Å²) in [5, 5.41) is 2.21. The predicted molar refractivity (Wildman–Crippen MR) is 94.9 cm³/mol. The number of methoxy groups -OCH3 is 1. The predicted octanol–water partition coefficient (Wildman–Crippen LogP) is 3.58. The van der Waals surface area contributed by atoms with E-state index in [1.54, 1.807) is 16.7 Å². The molecule has 0 radical (unpaired) electrons. The number of benzene rings is 3. The first-order valence-corrected chi connectivity index (χ1v) is 7.86. The molecule has 1 heterocycles. The molecule has 124 valence electrons. The Bertz CT molecular complexity index is 1150. The topological polar surface area (TPSA) is 61.4 Å². The second-order valence-electron chi connectivity index (χ2n) is 5.77. The highest BCUT2D eigenvalue weighted by molar-refractivity contribution is 5.93. The van der Waals surface area contributed by atoms with Crippen molar-refractivity contribution in [2.75, 3.05) is 7.11 Å². The van der Waals surface area contributed by atoms with E-state index in [9.17, 15) is 9.59 Å². The lowest BCUT2D eigenvalue weighted by Crippen LogP contribution is -2.15. The Hall–Kier alpha value is -3.34. The number of aromatic nitrogens is 1. The molecule has 4 rings (SSSR count). The number of hydrogen-bond acceptors (Lipinski definition) is 4. The minimum Gasteiger partial charge on any atom is -0.465 e. The molecular weight excluding hydrogens is 318 g/mol. The van der Waals surface area contributed by atoms with Crippen molar-refractivity contribution in [3.05, 3.63) is 82.3 Å². The lowest BCUT2D eigenvalue weighted by Gasteiger charge is -2.07. The van der Waals surface area contributed by atoms with Gasteiger partial charge in [-0.15, -0.1) is 0 Å². The zero-order valence-electron chi connectivity index (χ0n) is 13.6. The number of carbonyl (C=O) groups excluding carboxylic acids is 1. The zero-order valence-corrected chi connectivity index (χ0v) is 13.6. The van der Waals surface area contributed by atoms with Crippen LogP contribution in [-0.4, -0.2) is 17.6 Å². The van der Waals surface area contributed by atoms with Crippen LogP contribution in [0.4, 0.5) is 0 Å². The molecule has 0 fully saturated rings. The van der Waals surface area contributed by atoms with Crippen molar-refractivity contribution in [3.8, 4) is 0 Å². The molecule has 3 aromatic carbocycles. The molecule has 0 aliphatic carbocycles. The van der Waals surface area contributed by atoms with Crippen LogP contribution in [0.1, 0.15) is 15.9 Å². The Balaban J connectivity index is 1.83. The highest BCUT2D eigenvalue weighted by Gasteiger charge is 2.14. The first-order valence-electron chi connectivity index (χ1n) is 7.86. The fourth-order valence-corrected chi connectivity index (χ4v) is 3.06. The summed E-state index contributed by atoms with van der Waals surface area (Å²) in [6.45, 7) is 0.394. The van der Waals surface area contributed by atoms with E-state index >= 15 is 0 Å². The van der Waals surface area contributed by atoms with Crippen LogP contribution >= 0.6 is 0 Å². The van der Waals surface area contributed by atoms with E-state index in [4.69, 9.17) is 9.15 Å². The van der Waals surface area contributed by atoms with Gasteiger partial charge in [0.2, 0.25) is 0 Å². The van der Waals surface area contributed by atoms with E-state index in [1.807, 2.05) is 42.5 Å². The maximum Gasteiger partial charge on any atom is 0.420 e. The molecule has 0 unspecified atom stereocenters. The van der Waals surface area contributed by atoms with Crippen molar-refractivity contribution in [1.82, 2.24) is 4.57 Å². The number of oxazole rings is 1. The smallest absolute Gasteiger partial charge is 0.420 e. The fraction of sp³-hybridized carbons (Fsp3) is 0.100. The Morgan fingerprint density at radius 2 is 1.88 bits per heavy atom. The summed E-state index contributed by atoms with van der Waals surface area (Å²) in [5.41, 5.74) is 2.39. The van der Waals surface area contributed by atoms with Crippen LogP contribution in [0.25, 0.3) is 21.9 Å². The summed E-state index contributed by atoms with van der Waals surface area (Å²) >= 11 is 0. The summed E-state index contributed by atoms with van der Waals surface area (Å²) in [5.74, 6) is -0.920. The number of carbonyl (C=O) groups is 1. The minimum atomic E-state index is -0.466. The molecular formula is C20H15NO4. The van der Waals surface area contributed by atoms with E-state index < -0.39 is 11.7 Å². The standard InChI is InChI=1S/C20H15NO4/c1-24-19(22)14-9-10-17-18(11-14)25-20(23)21(17)12-15-7-4-6-13-5-2-3-8-16(13)15/h2-11H,12H2,1H3. The second-order valence-corrected chi connectivity index (χ2v) is 5.77. The number of esters is 1. The fourth-order valence-electron chi connectivity index (χ4n) is 3.06. The summed E-state index contributed by atoms with van der Waals surface area (Å²) in [4.78, 5) is 23.9. The Morgan fingerprint density at radius 1 is 1.08 bits per heavy atom. The molecule has 25 heavy (non-hydrogen) atoms. The van der Waals surface area contributed by atoms with Crippen molar-refractivity contribution in [3.63, 3.8) is 0 Å². The molecule has 0 aliphatic heterocycles. The summed E-state index contributed by atoms with van der Waals surface area (Å²) in [7, 11) is 1.31. The maximum absolute atomic E-state index is 12.3. The van der Waals surface area contributed by atoms with Gasteiger partial charge in [0.05, 0.1) is 24.7 Å². The van der Waals surface area contributed by atoms with Crippen molar-refractivity contribution in [1.29, 1.82) is 0 Å². The molecule has 0 saturated heterocycles. The van der Waals surface area contributed by atoms with E-state index in [1.165, 1.54) is 13.2 Å². The second kappa shape index (κ2) is 5.94. The normalized spacial score (nSPS) is 11.1. The van der Waals surface area contributed by atoms with Crippen LogP contribution in [0.2, 0.25) is 0 Å². The molecule has 5 heteroatoms. The lowest BCUT2D eigenvalue weighted by molar-refractivity contribution is 0.0601. The third-order valence-corrected chi connectivity index (χ3v) is 4.30. The van der Waals surface area contributed by atoms with Crippen LogP contribution in [0.3, 0.4) is 0 Å². The number of hydrogen-bond donors (Lipinski definition) is 0. The van der Waals surface area contributed by atoms with Crippen LogP contribution in [0.15, 0.2) is 69.9 Å². The van der Waals surface area contributed by atoms with Crippen LogP contribution < -0.4 is 5.76 Å². The average molecular weight is 333 g/mol. The quantitative estimate of drug-likeness (QED) is 0.538. The molecule has 1 aromatic heterocycles. The summed E-state index contributed by atoms with van der Waals surface area (Å²) in [6, 6.07) is 18.9. The number of nitrogens with zero attached hydrogens (tertiary/aromatic N) is 1. The van der Waals surface area contributed by atoms with Gasteiger partial charge in [-0.3, -0.25) is 4.57 Å². The number of rotatable bonds is 3. The van der Waals surface area contributed by atoms with Gasteiger partial charge in [0, 0.05) is 0 Å². The summed E-state index contributed by atoms with van der Waals surface area (Å²) < 4.78 is 11.6. The molecule has 0 aliphatic rings. The van der Waals surface area contributed by atoms with Crippen molar-refractivity contribution in [2.24, 2.45) is 0 Å². The van der Waals surface area contributed by atoms with Gasteiger partial charge < -0.3 is 9.15 Å². The highest BCUT2D eigenvalue weighted by atomic mass is 16.5. The SMILES string of the molecule is COC(=O)c1ccc2c(c1)oc(=O)n2Cc1cccc2ccccc12. The van der Waals surface area contributed by atoms with Gasteiger partial charge in [-0.25, -0.2) is 9.59 Å². The Kier molecular flexibility index (Phi) is 3.61. The molecule has 0 spiro atoms. The molecule has 0 amide bonds. The molecule has 0 bridgehead atoms. The van der Waals surface area contributed by atoms with Crippen molar-refractivity contribution >= 4 is 27.8 Å². The minimum absolute atomic E-state index is 0.348. The van der Waals surface area contributed by atoms with Gasteiger partial charge >= 0.3 is 11.7 Å². The van der Waals surface area contributed by atoms with Crippen molar-refractivity contribution in [2.45, 2.75) is 6.54 Å². The number of ether oxygens (including phenoxy) is 1. The highest BCUT2D eigenvalue weighted by Crippen LogP contribution is 2.22. The van der Waals surface area contributed by atoms with E-state index in [0.29, 0.717) is 23.2 Å². The van der Waals surface area contributed by atoms with Gasteiger partial charge in [0.1, 0.15) is 0 Å². The first kappa shape index (κ1) is 15.2. The van der Waals surface area contributed by atoms with Gasteiger partial charge in [-0.05, 0) is 34.5 Å². The maximum atomic E-state index is 12.3. The third kappa shape index (κ3) is 2.59. The molecule has 0 saturated carbocycles. The van der Waals surface area contributed by atoms with E-state index in [2.05, 4.69) is 0 Å². The molecule has 4 aromatic rings. The van der Waals surface area contributed by atoms with Crippen molar-refractivity contribution < 1.29 is 13.9 Å². The average Bonchev–Trinajstić information content (AvgIpc) is 2.96. The monoisotopic (exact) mass is 333 g/mol. The molecule has 5 nitrogen and oxygen atoms in total. The van der Waals surface area contributed by atoms with Gasteiger partial charge in [0.25, 0.3) is 0 Å². The Morgan fingerprint density at radius 3 is 2.72 bits per heavy atom. The number of fused-ring (bicyclic) bond motifs is 2. The first-order chi connectivity index (χ1) is 12.2. The van der Waals surface area contributed by atoms with E-state index in [-0.39, 0.29) is 0 Å². The van der Waals surface area contributed by atoms with E-state index in [0.717, 1.165) is 16.3 Å². The Labute approximate surface area is 143 Å². The summed E-state index contributed by atoms with van der Waals surface area (Å²) in [6.07, 6.45) is 0.